The van der Waals surface area contributed by atoms with Crippen molar-refractivity contribution in [3.63, 3.8) is 0 Å². The number of pyridine rings is 1. The molecule has 0 atom stereocenters. The van der Waals surface area contributed by atoms with Gasteiger partial charge in [0, 0.05) is 30.2 Å². The largest absolute Gasteiger partial charge is 0.497 e. The van der Waals surface area contributed by atoms with Crippen LogP contribution in [0.5, 0.6) is 11.5 Å². The summed E-state index contributed by atoms with van der Waals surface area (Å²) in [7, 11) is 3.23. The van der Waals surface area contributed by atoms with Crippen LogP contribution in [0.25, 0.3) is 0 Å². The summed E-state index contributed by atoms with van der Waals surface area (Å²) in [5.41, 5.74) is 1.69. The fourth-order valence-corrected chi connectivity index (χ4v) is 1.49. The van der Waals surface area contributed by atoms with E-state index < -0.39 is 0 Å². The lowest BCUT2D eigenvalue weighted by Crippen LogP contribution is -1.88. The van der Waals surface area contributed by atoms with Crippen molar-refractivity contribution < 1.29 is 9.47 Å². The van der Waals surface area contributed by atoms with Gasteiger partial charge in [-0.25, -0.2) is 0 Å². The number of hydrogen-bond donors (Lipinski definition) is 0. The molecule has 0 unspecified atom stereocenters. The van der Waals surface area contributed by atoms with E-state index in [9.17, 15) is 0 Å². The number of aliphatic imine (C=N–C) groups is 1. The van der Waals surface area contributed by atoms with E-state index in [0.717, 1.165) is 17.0 Å². The molecule has 0 bridgehead atoms. The van der Waals surface area contributed by atoms with Crippen molar-refractivity contribution in [2.75, 3.05) is 14.2 Å². The minimum Gasteiger partial charge on any atom is -0.497 e. The van der Waals surface area contributed by atoms with Crippen molar-refractivity contribution in [3.8, 4) is 11.5 Å². The molecule has 0 amide bonds. The van der Waals surface area contributed by atoms with Crippen LogP contribution in [0.3, 0.4) is 0 Å². The second-order valence-corrected chi connectivity index (χ2v) is 3.58. The average Bonchev–Trinajstić information content (AvgIpc) is 2.46. The van der Waals surface area contributed by atoms with Crippen LogP contribution in [0.15, 0.2) is 47.7 Å². The lowest BCUT2D eigenvalue weighted by molar-refractivity contribution is 0.395. The fraction of sp³-hybridized carbons (Fsp3) is 0.143. The quantitative estimate of drug-likeness (QED) is 0.774. The van der Waals surface area contributed by atoms with E-state index in [-0.39, 0.29) is 0 Å². The van der Waals surface area contributed by atoms with E-state index in [4.69, 9.17) is 9.47 Å². The maximum Gasteiger partial charge on any atom is 0.148 e. The number of hydrogen-bond acceptors (Lipinski definition) is 4. The summed E-state index contributed by atoms with van der Waals surface area (Å²) >= 11 is 0. The van der Waals surface area contributed by atoms with Crippen LogP contribution >= 0.6 is 0 Å². The molecular weight excluding hydrogens is 228 g/mol. The van der Waals surface area contributed by atoms with Crippen LogP contribution in [-0.4, -0.2) is 25.4 Å². The van der Waals surface area contributed by atoms with Gasteiger partial charge in [-0.1, -0.05) is 6.07 Å². The van der Waals surface area contributed by atoms with Crippen LogP contribution < -0.4 is 9.47 Å². The Labute approximate surface area is 106 Å². The first-order valence-electron chi connectivity index (χ1n) is 5.49. The molecule has 92 valence electrons. The monoisotopic (exact) mass is 242 g/mol. The Morgan fingerprint density at radius 3 is 2.72 bits per heavy atom. The summed E-state index contributed by atoms with van der Waals surface area (Å²) in [5, 5.41) is 0. The number of aromatic nitrogens is 1. The molecule has 0 saturated carbocycles. The number of methoxy groups -OCH3 is 2. The van der Waals surface area contributed by atoms with Gasteiger partial charge in [0.2, 0.25) is 0 Å². The Morgan fingerprint density at radius 2 is 2.06 bits per heavy atom. The molecule has 1 aromatic heterocycles. The van der Waals surface area contributed by atoms with E-state index in [1.165, 1.54) is 0 Å². The van der Waals surface area contributed by atoms with Gasteiger partial charge < -0.3 is 9.47 Å². The van der Waals surface area contributed by atoms with Gasteiger partial charge in [0.15, 0.2) is 0 Å². The second kappa shape index (κ2) is 5.82. The molecule has 4 nitrogen and oxygen atoms in total. The van der Waals surface area contributed by atoms with Gasteiger partial charge in [-0.3, -0.25) is 9.98 Å². The van der Waals surface area contributed by atoms with Crippen molar-refractivity contribution >= 4 is 11.9 Å². The van der Waals surface area contributed by atoms with E-state index >= 15 is 0 Å². The maximum atomic E-state index is 5.27. The molecule has 0 fully saturated rings. The summed E-state index contributed by atoms with van der Waals surface area (Å²) < 4.78 is 10.4. The fourth-order valence-electron chi connectivity index (χ4n) is 1.49. The molecule has 0 aliphatic carbocycles. The summed E-state index contributed by atoms with van der Waals surface area (Å²) in [4.78, 5) is 8.40. The zero-order valence-electron chi connectivity index (χ0n) is 10.3. The molecule has 0 aliphatic heterocycles. The van der Waals surface area contributed by atoms with Crippen molar-refractivity contribution in [1.29, 1.82) is 0 Å². The Bertz CT molecular complexity index is 539. The minimum absolute atomic E-state index is 0.675. The minimum atomic E-state index is 0.675. The summed E-state index contributed by atoms with van der Waals surface area (Å²) in [6.45, 7) is 0. The molecule has 0 radical (unpaired) electrons. The van der Waals surface area contributed by atoms with Crippen molar-refractivity contribution in [3.05, 3.63) is 48.3 Å². The predicted octanol–water partition coefficient (Wildman–Crippen LogP) is 2.85. The van der Waals surface area contributed by atoms with Crippen molar-refractivity contribution in [2.24, 2.45) is 4.99 Å². The van der Waals surface area contributed by atoms with Crippen molar-refractivity contribution in [1.82, 2.24) is 4.98 Å². The molecule has 2 aromatic rings. The van der Waals surface area contributed by atoms with E-state index in [1.807, 2.05) is 24.3 Å². The molecular formula is C14H14N2O2. The highest BCUT2D eigenvalue weighted by molar-refractivity contribution is 5.82. The lowest BCUT2D eigenvalue weighted by Gasteiger charge is -2.06. The first-order valence-corrected chi connectivity index (χ1v) is 5.49. The van der Waals surface area contributed by atoms with Gasteiger partial charge in [0.25, 0.3) is 0 Å². The molecule has 0 aliphatic rings. The van der Waals surface area contributed by atoms with Crippen LogP contribution in [0.4, 0.5) is 5.69 Å². The van der Waals surface area contributed by atoms with Gasteiger partial charge >= 0.3 is 0 Å². The predicted molar refractivity (Wildman–Crippen MR) is 71.0 cm³/mol. The molecule has 2 rings (SSSR count). The maximum absolute atomic E-state index is 5.27. The summed E-state index contributed by atoms with van der Waals surface area (Å²) in [5.74, 6) is 1.42. The average molecular weight is 242 g/mol. The number of nitrogens with zero attached hydrogens (tertiary/aromatic N) is 2. The Balaban J connectivity index is 2.26. The molecule has 4 heteroatoms. The zero-order chi connectivity index (χ0) is 12.8. The molecule has 18 heavy (non-hydrogen) atoms. The van der Waals surface area contributed by atoms with E-state index in [2.05, 4.69) is 9.98 Å². The summed E-state index contributed by atoms with van der Waals surface area (Å²) in [6, 6.07) is 9.30. The smallest absolute Gasteiger partial charge is 0.148 e. The third kappa shape index (κ3) is 2.85. The number of benzene rings is 1. The number of rotatable bonds is 4. The normalized spacial score (nSPS) is 10.6. The van der Waals surface area contributed by atoms with Gasteiger partial charge in [-0.15, -0.1) is 0 Å². The molecule has 1 aromatic carbocycles. The highest BCUT2D eigenvalue weighted by Crippen LogP contribution is 2.31. The molecule has 0 spiro atoms. The second-order valence-electron chi connectivity index (χ2n) is 3.58. The zero-order valence-corrected chi connectivity index (χ0v) is 10.3. The van der Waals surface area contributed by atoms with E-state index in [0.29, 0.717) is 5.75 Å². The topological polar surface area (TPSA) is 43.7 Å². The molecule has 0 N–H and O–H groups in total. The van der Waals surface area contributed by atoms with Gasteiger partial charge in [-0.2, -0.15) is 0 Å². The van der Waals surface area contributed by atoms with Gasteiger partial charge in [-0.05, 0) is 18.2 Å². The molecule has 1 heterocycles. The first-order chi connectivity index (χ1) is 8.83. The highest BCUT2D eigenvalue weighted by Gasteiger charge is 2.02. The summed E-state index contributed by atoms with van der Waals surface area (Å²) in [6.07, 6.45) is 5.22. The highest BCUT2D eigenvalue weighted by atomic mass is 16.5. The van der Waals surface area contributed by atoms with E-state index in [1.54, 1.807) is 38.9 Å². The standard InChI is InChI=1S/C14H14N2O2/c1-17-12-5-6-13(14(8-12)18-2)16-10-11-4-3-7-15-9-11/h3-10H,1-2H3. The Morgan fingerprint density at radius 1 is 1.17 bits per heavy atom. The van der Waals surface area contributed by atoms with Crippen LogP contribution in [-0.2, 0) is 0 Å². The van der Waals surface area contributed by atoms with Gasteiger partial charge in [0.05, 0.1) is 14.2 Å². The van der Waals surface area contributed by atoms with Crippen LogP contribution in [0, 0.1) is 0 Å². The van der Waals surface area contributed by atoms with Crippen molar-refractivity contribution in [2.45, 2.75) is 0 Å². The Kier molecular flexibility index (Phi) is 3.91. The Hall–Kier alpha value is -2.36. The first kappa shape index (κ1) is 12.1. The van der Waals surface area contributed by atoms with Crippen LogP contribution in [0.2, 0.25) is 0 Å². The molecule has 0 saturated heterocycles. The SMILES string of the molecule is COc1ccc(N=Cc2cccnc2)c(OC)c1. The lowest BCUT2D eigenvalue weighted by atomic mass is 10.2. The number of ether oxygens (including phenoxy) is 2. The third-order valence-electron chi connectivity index (χ3n) is 2.42. The third-order valence-corrected chi connectivity index (χ3v) is 2.42. The van der Waals surface area contributed by atoms with Gasteiger partial charge in [0.1, 0.15) is 17.2 Å². The van der Waals surface area contributed by atoms with Crippen LogP contribution in [0.1, 0.15) is 5.56 Å².